The zero-order chi connectivity index (χ0) is 13.6. The normalized spacial score (nSPS) is 13.8. The summed E-state index contributed by atoms with van der Waals surface area (Å²) >= 11 is 0. The van der Waals surface area contributed by atoms with Crippen LogP contribution in [0.4, 0.5) is 0 Å². The summed E-state index contributed by atoms with van der Waals surface area (Å²) in [6.07, 6.45) is 0.511. The Morgan fingerprint density at radius 3 is 2.78 bits per heavy atom. The van der Waals surface area contributed by atoms with Crippen LogP contribution in [0.2, 0.25) is 0 Å². The van der Waals surface area contributed by atoms with E-state index in [4.69, 9.17) is 9.47 Å². The van der Waals surface area contributed by atoms with E-state index in [1.807, 2.05) is 18.2 Å². The van der Waals surface area contributed by atoms with Crippen LogP contribution in [0.3, 0.4) is 0 Å². The highest BCUT2D eigenvalue weighted by Gasteiger charge is 2.24. The minimum Gasteiger partial charge on any atom is -0.497 e. The molecule has 0 heterocycles. The van der Waals surface area contributed by atoms with Gasteiger partial charge in [-0.2, -0.15) is 0 Å². The molecule has 0 bridgehead atoms. The molecule has 1 aromatic rings. The Hall–Kier alpha value is -1.55. The summed E-state index contributed by atoms with van der Waals surface area (Å²) < 4.78 is 9.95. The highest BCUT2D eigenvalue weighted by Crippen LogP contribution is 2.28. The van der Waals surface area contributed by atoms with E-state index in [1.54, 1.807) is 27.0 Å². The van der Waals surface area contributed by atoms with Crippen molar-refractivity contribution in [1.82, 2.24) is 0 Å². The van der Waals surface area contributed by atoms with E-state index in [9.17, 15) is 9.90 Å². The molecule has 0 radical (unpaired) electrons. The molecule has 0 aromatic heterocycles. The molecule has 0 amide bonds. The Bertz CT molecular complexity index is 399. The first-order valence-corrected chi connectivity index (χ1v) is 6.02. The fourth-order valence-electron chi connectivity index (χ4n) is 1.68. The van der Waals surface area contributed by atoms with Gasteiger partial charge in [0.25, 0.3) is 0 Å². The highest BCUT2D eigenvalue weighted by atomic mass is 16.5. The van der Waals surface area contributed by atoms with Crippen LogP contribution in [0.15, 0.2) is 24.3 Å². The van der Waals surface area contributed by atoms with E-state index >= 15 is 0 Å². The van der Waals surface area contributed by atoms with Crippen LogP contribution in [0.5, 0.6) is 5.75 Å². The minimum absolute atomic E-state index is 0.193. The molecule has 0 aliphatic rings. The van der Waals surface area contributed by atoms with E-state index in [2.05, 4.69) is 0 Å². The predicted molar refractivity (Wildman–Crippen MR) is 68.4 cm³/mol. The number of hydrogen-bond acceptors (Lipinski definition) is 4. The molecule has 0 aliphatic carbocycles. The number of carbonyl (C=O) groups excluding carboxylic acids is 1. The fourth-order valence-corrected chi connectivity index (χ4v) is 1.68. The number of rotatable bonds is 6. The van der Waals surface area contributed by atoms with Crippen molar-refractivity contribution >= 4 is 5.97 Å². The minimum atomic E-state index is -1.07. The molecule has 0 aliphatic heterocycles. The van der Waals surface area contributed by atoms with Gasteiger partial charge in [-0.15, -0.1) is 0 Å². The number of aliphatic hydroxyl groups is 1. The van der Waals surface area contributed by atoms with Gasteiger partial charge in [-0.3, -0.25) is 4.79 Å². The Kier molecular flexibility index (Phi) is 5.16. The fraction of sp³-hybridized carbons (Fsp3) is 0.500. The van der Waals surface area contributed by atoms with Crippen LogP contribution in [0.1, 0.15) is 32.3 Å². The molecule has 0 fully saturated rings. The van der Waals surface area contributed by atoms with Crippen LogP contribution in [-0.2, 0) is 15.1 Å². The summed E-state index contributed by atoms with van der Waals surface area (Å²) in [5.74, 6) is 0.393. The first-order valence-electron chi connectivity index (χ1n) is 6.02. The topological polar surface area (TPSA) is 55.8 Å². The molecule has 1 unspecified atom stereocenters. The number of ether oxygens (including phenoxy) is 2. The Balaban J connectivity index is 2.69. The van der Waals surface area contributed by atoms with Crippen molar-refractivity contribution in [3.05, 3.63) is 29.8 Å². The van der Waals surface area contributed by atoms with Gasteiger partial charge in [-0.05, 0) is 38.0 Å². The molecule has 1 atom stereocenters. The van der Waals surface area contributed by atoms with E-state index in [0.717, 1.165) is 5.56 Å². The first kappa shape index (κ1) is 14.5. The van der Waals surface area contributed by atoms with Gasteiger partial charge in [0.15, 0.2) is 0 Å². The molecule has 4 nitrogen and oxygen atoms in total. The van der Waals surface area contributed by atoms with Gasteiger partial charge >= 0.3 is 5.97 Å². The lowest BCUT2D eigenvalue weighted by Gasteiger charge is -2.23. The summed E-state index contributed by atoms with van der Waals surface area (Å²) in [7, 11) is 1.58. The third-order valence-corrected chi connectivity index (χ3v) is 2.81. The second-order valence-corrected chi connectivity index (χ2v) is 4.31. The molecular formula is C14H20O4. The van der Waals surface area contributed by atoms with Crippen molar-refractivity contribution in [2.24, 2.45) is 0 Å². The van der Waals surface area contributed by atoms with Crippen molar-refractivity contribution in [2.45, 2.75) is 32.3 Å². The molecule has 1 rings (SSSR count). The Morgan fingerprint density at radius 1 is 1.44 bits per heavy atom. The average molecular weight is 252 g/mol. The van der Waals surface area contributed by atoms with Crippen LogP contribution >= 0.6 is 0 Å². The number of esters is 1. The molecule has 1 aromatic carbocycles. The largest absolute Gasteiger partial charge is 0.497 e. The van der Waals surface area contributed by atoms with E-state index < -0.39 is 5.60 Å². The molecule has 4 heteroatoms. The van der Waals surface area contributed by atoms with Crippen molar-refractivity contribution in [3.63, 3.8) is 0 Å². The summed E-state index contributed by atoms with van der Waals surface area (Å²) in [6, 6.07) is 7.21. The van der Waals surface area contributed by atoms with Crippen LogP contribution in [0.25, 0.3) is 0 Å². The number of carbonyl (C=O) groups is 1. The monoisotopic (exact) mass is 252 g/mol. The lowest BCUT2D eigenvalue weighted by molar-refractivity contribution is -0.144. The number of hydrogen-bond donors (Lipinski definition) is 1. The molecule has 100 valence electrons. The Morgan fingerprint density at radius 2 is 2.17 bits per heavy atom. The van der Waals surface area contributed by atoms with E-state index in [-0.39, 0.29) is 12.4 Å². The zero-order valence-corrected chi connectivity index (χ0v) is 11.1. The van der Waals surface area contributed by atoms with Crippen molar-refractivity contribution < 1.29 is 19.4 Å². The molecular weight excluding hydrogens is 232 g/mol. The lowest BCUT2D eigenvalue weighted by Crippen LogP contribution is -2.23. The quantitative estimate of drug-likeness (QED) is 0.789. The predicted octanol–water partition coefficient (Wildman–Crippen LogP) is 2.25. The maximum atomic E-state index is 11.3. The van der Waals surface area contributed by atoms with Crippen LogP contribution in [0, 0.1) is 0 Å². The van der Waals surface area contributed by atoms with Gasteiger partial charge in [0.1, 0.15) is 5.75 Å². The average Bonchev–Trinajstić information content (AvgIpc) is 2.37. The maximum Gasteiger partial charge on any atom is 0.305 e. The van der Waals surface area contributed by atoms with Crippen molar-refractivity contribution in [2.75, 3.05) is 13.7 Å². The summed E-state index contributed by atoms with van der Waals surface area (Å²) in [4.78, 5) is 11.3. The standard InChI is InChI=1S/C14H20O4/c1-4-18-13(15)8-9-14(2,16)11-6-5-7-12(10-11)17-3/h5-7,10,16H,4,8-9H2,1-3H3. The highest BCUT2D eigenvalue weighted by molar-refractivity contribution is 5.69. The number of methoxy groups -OCH3 is 1. The van der Waals surface area contributed by atoms with Gasteiger partial charge in [0.2, 0.25) is 0 Å². The second-order valence-electron chi connectivity index (χ2n) is 4.31. The van der Waals surface area contributed by atoms with Gasteiger partial charge < -0.3 is 14.6 Å². The molecule has 1 N–H and O–H groups in total. The van der Waals surface area contributed by atoms with Crippen LogP contribution < -0.4 is 4.74 Å². The van der Waals surface area contributed by atoms with Crippen LogP contribution in [-0.4, -0.2) is 24.8 Å². The maximum absolute atomic E-state index is 11.3. The molecule has 18 heavy (non-hydrogen) atoms. The van der Waals surface area contributed by atoms with Gasteiger partial charge in [0.05, 0.1) is 19.3 Å². The zero-order valence-electron chi connectivity index (χ0n) is 11.1. The number of benzene rings is 1. The van der Waals surface area contributed by atoms with Crippen molar-refractivity contribution in [1.29, 1.82) is 0 Å². The van der Waals surface area contributed by atoms with Gasteiger partial charge in [-0.1, -0.05) is 12.1 Å². The van der Waals surface area contributed by atoms with E-state index in [1.165, 1.54) is 0 Å². The summed E-state index contributed by atoms with van der Waals surface area (Å²) in [6.45, 7) is 3.80. The third kappa shape index (κ3) is 4.04. The lowest BCUT2D eigenvalue weighted by atomic mass is 9.91. The molecule has 0 saturated heterocycles. The molecule has 0 spiro atoms. The second kappa shape index (κ2) is 6.40. The first-order chi connectivity index (χ1) is 8.49. The summed E-state index contributed by atoms with van der Waals surface area (Å²) in [5, 5.41) is 10.4. The van der Waals surface area contributed by atoms with Gasteiger partial charge in [0, 0.05) is 6.42 Å². The van der Waals surface area contributed by atoms with Gasteiger partial charge in [-0.25, -0.2) is 0 Å². The van der Waals surface area contributed by atoms with Crippen molar-refractivity contribution in [3.8, 4) is 5.75 Å². The summed E-state index contributed by atoms with van der Waals surface area (Å²) in [5.41, 5.74) is -0.340. The SMILES string of the molecule is CCOC(=O)CCC(C)(O)c1cccc(OC)c1. The van der Waals surface area contributed by atoms with E-state index in [0.29, 0.717) is 18.8 Å². The Labute approximate surface area is 108 Å². The third-order valence-electron chi connectivity index (χ3n) is 2.81. The molecule has 0 saturated carbocycles. The smallest absolute Gasteiger partial charge is 0.305 e.